The molecule has 1 aliphatic rings. The molecule has 6 nitrogen and oxygen atoms in total. The maximum Gasteiger partial charge on any atom is 0.241 e. The third-order valence-corrected chi connectivity index (χ3v) is 6.77. The molecule has 3 aromatic rings. The van der Waals surface area contributed by atoms with Crippen LogP contribution in [0.2, 0.25) is 10.0 Å². The normalized spacial score (nSPS) is 17.0. The molecule has 1 saturated heterocycles. The molecule has 0 saturated carbocycles. The molecule has 0 spiro atoms. The highest BCUT2D eigenvalue weighted by Gasteiger charge is 2.27. The number of carbonyl (C=O) groups is 1. The number of hydrogen-bond donors (Lipinski definition) is 1. The molecule has 2 heterocycles. The zero-order valence-electron chi connectivity index (χ0n) is 19.8. The molecule has 1 unspecified atom stereocenters. The number of hydrogen-bond acceptors (Lipinski definition) is 5. The molecule has 0 radical (unpaired) electrons. The van der Waals surface area contributed by atoms with E-state index in [9.17, 15) is 4.79 Å². The van der Waals surface area contributed by atoms with Gasteiger partial charge in [0.25, 0.3) is 0 Å². The van der Waals surface area contributed by atoms with E-state index in [4.69, 9.17) is 27.7 Å². The Balaban J connectivity index is 1.32. The van der Waals surface area contributed by atoms with Crippen molar-refractivity contribution in [3.05, 3.63) is 69.5 Å². The van der Waals surface area contributed by atoms with Crippen LogP contribution in [0.4, 0.5) is 0 Å². The standard InChI is InChI=1S/C26H30Cl2N4O2/c1-26(2,3)20-9-6-17(7-10-20)24-30-23(34-31-24)16-32-12-4-5-19(15-32)25(33)29-14-18-8-11-21(27)13-22(18)28/h6-11,13,19H,4-5,12,14-16H2,1-3H3,(H,29,33). The number of piperidine rings is 1. The van der Waals surface area contributed by atoms with Gasteiger partial charge in [-0.3, -0.25) is 9.69 Å². The molecule has 1 aromatic heterocycles. The third kappa shape index (κ3) is 6.17. The molecular formula is C26H30Cl2N4O2. The van der Waals surface area contributed by atoms with Crippen molar-refractivity contribution in [2.75, 3.05) is 13.1 Å². The number of amides is 1. The topological polar surface area (TPSA) is 71.3 Å². The second kappa shape index (κ2) is 10.5. The van der Waals surface area contributed by atoms with Crippen molar-refractivity contribution in [2.45, 2.75) is 52.1 Å². The highest BCUT2D eigenvalue weighted by Crippen LogP contribution is 2.26. The van der Waals surface area contributed by atoms with E-state index in [-0.39, 0.29) is 17.2 Å². The van der Waals surface area contributed by atoms with Crippen molar-refractivity contribution in [1.82, 2.24) is 20.4 Å². The van der Waals surface area contributed by atoms with Gasteiger partial charge in [-0.1, -0.05) is 79.5 Å². The van der Waals surface area contributed by atoms with E-state index in [1.807, 2.05) is 18.2 Å². The van der Waals surface area contributed by atoms with Crippen molar-refractivity contribution in [3.63, 3.8) is 0 Å². The average molecular weight is 501 g/mol. The van der Waals surface area contributed by atoms with Gasteiger partial charge in [0.15, 0.2) is 0 Å². The van der Waals surface area contributed by atoms with E-state index in [1.54, 1.807) is 12.1 Å². The Morgan fingerprint density at radius 3 is 2.65 bits per heavy atom. The van der Waals surface area contributed by atoms with Crippen LogP contribution < -0.4 is 5.32 Å². The van der Waals surface area contributed by atoms with Gasteiger partial charge in [0.1, 0.15) is 0 Å². The number of aromatic nitrogens is 2. The van der Waals surface area contributed by atoms with Gasteiger partial charge in [0.2, 0.25) is 17.6 Å². The zero-order chi connectivity index (χ0) is 24.3. The summed E-state index contributed by atoms with van der Waals surface area (Å²) in [6, 6.07) is 13.6. The third-order valence-electron chi connectivity index (χ3n) is 6.18. The summed E-state index contributed by atoms with van der Waals surface area (Å²) < 4.78 is 5.51. The Kier molecular flexibility index (Phi) is 7.60. The van der Waals surface area contributed by atoms with Crippen molar-refractivity contribution in [2.24, 2.45) is 5.92 Å². The summed E-state index contributed by atoms with van der Waals surface area (Å²) in [5.74, 6) is 1.08. The van der Waals surface area contributed by atoms with Gasteiger partial charge in [-0.2, -0.15) is 4.98 Å². The van der Waals surface area contributed by atoms with Crippen LogP contribution in [0.15, 0.2) is 47.0 Å². The lowest BCUT2D eigenvalue weighted by atomic mass is 9.87. The van der Waals surface area contributed by atoms with Crippen LogP contribution in [0.1, 0.15) is 50.6 Å². The zero-order valence-corrected chi connectivity index (χ0v) is 21.3. The fourth-order valence-electron chi connectivity index (χ4n) is 4.15. The first kappa shape index (κ1) is 24.7. The van der Waals surface area contributed by atoms with Crippen LogP contribution in [-0.2, 0) is 23.3 Å². The minimum atomic E-state index is -0.0906. The molecule has 1 aliphatic heterocycles. The summed E-state index contributed by atoms with van der Waals surface area (Å²) in [6.07, 6.45) is 1.79. The summed E-state index contributed by atoms with van der Waals surface area (Å²) >= 11 is 12.2. The summed E-state index contributed by atoms with van der Waals surface area (Å²) in [5.41, 5.74) is 3.13. The van der Waals surface area contributed by atoms with Crippen LogP contribution in [0.5, 0.6) is 0 Å². The number of nitrogens with one attached hydrogen (secondary N) is 1. The Bertz CT molecular complexity index is 1140. The number of likely N-dealkylation sites (tertiary alicyclic amines) is 1. The van der Waals surface area contributed by atoms with Gasteiger partial charge in [-0.05, 0) is 48.1 Å². The molecular weight excluding hydrogens is 471 g/mol. The first-order valence-corrected chi connectivity index (χ1v) is 12.3. The van der Waals surface area contributed by atoms with E-state index < -0.39 is 0 Å². The van der Waals surface area contributed by atoms with Gasteiger partial charge in [-0.15, -0.1) is 0 Å². The Hall–Kier alpha value is -2.41. The van der Waals surface area contributed by atoms with E-state index in [0.717, 1.165) is 30.5 Å². The first-order chi connectivity index (χ1) is 16.2. The van der Waals surface area contributed by atoms with E-state index in [0.29, 0.717) is 41.4 Å². The molecule has 34 heavy (non-hydrogen) atoms. The summed E-state index contributed by atoms with van der Waals surface area (Å²) in [4.78, 5) is 19.6. The Labute approximate surface area is 210 Å². The number of benzene rings is 2. The number of nitrogens with zero attached hydrogens (tertiary/aromatic N) is 3. The van der Waals surface area contributed by atoms with Crippen molar-refractivity contribution >= 4 is 29.1 Å². The van der Waals surface area contributed by atoms with Crippen LogP contribution in [-0.4, -0.2) is 34.0 Å². The molecule has 8 heteroatoms. The second-order valence-corrected chi connectivity index (χ2v) is 10.7. The quantitative estimate of drug-likeness (QED) is 0.458. The summed E-state index contributed by atoms with van der Waals surface area (Å²) in [5, 5.41) is 8.30. The largest absolute Gasteiger partial charge is 0.352 e. The smallest absolute Gasteiger partial charge is 0.241 e. The first-order valence-electron chi connectivity index (χ1n) is 11.6. The van der Waals surface area contributed by atoms with Gasteiger partial charge < -0.3 is 9.84 Å². The van der Waals surface area contributed by atoms with Crippen molar-refractivity contribution in [1.29, 1.82) is 0 Å². The van der Waals surface area contributed by atoms with Gasteiger partial charge in [0.05, 0.1) is 12.5 Å². The minimum absolute atomic E-state index is 0.0286. The lowest BCUT2D eigenvalue weighted by Crippen LogP contribution is -2.42. The SMILES string of the molecule is CC(C)(C)c1ccc(-c2noc(CN3CCCC(C(=O)NCc4ccc(Cl)cc4Cl)C3)n2)cc1. The molecule has 180 valence electrons. The fourth-order valence-corrected chi connectivity index (χ4v) is 4.63. The predicted octanol–water partition coefficient (Wildman–Crippen LogP) is 5.87. The van der Waals surface area contributed by atoms with Gasteiger partial charge >= 0.3 is 0 Å². The molecule has 1 fully saturated rings. The van der Waals surface area contributed by atoms with E-state index in [2.05, 4.69) is 53.3 Å². The molecule has 1 amide bonds. The Morgan fingerprint density at radius 2 is 1.94 bits per heavy atom. The molecule has 4 rings (SSSR count). The molecule has 2 aromatic carbocycles. The van der Waals surface area contributed by atoms with E-state index >= 15 is 0 Å². The highest BCUT2D eigenvalue weighted by molar-refractivity contribution is 6.35. The molecule has 0 bridgehead atoms. The van der Waals surface area contributed by atoms with Gasteiger partial charge in [-0.25, -0.2) is 0 Å². The summed E-state index contributed by atoms with van der Waals surface area (Å²) in [6.45, 7) is 9.02. The highest BCUT2D eigenvalue weighted by atomic mass is 35.5. The molecule has 0 aliphatic carbocycles. The molecule has 1 N–H and O–H groups in total. The number of rotatable bonds is 6. The van der Waals surface area contributed by atoms with Crippen LogP contribution >= 0.6 is 23.2 Å². The number of halogens is 2. The monoisotopic (exact) mass is 500 g/mol. The van der Waals surface area contributed by atoms with Crippen LogP contribution in [0.3, 0.4) is 0 Å². The minimum Gasteiger partial charge on any atom is -0.352 e. The maximum atomic E-state index is 12.8. The van der Waals surface area contributed by atoms with Crippen molar-refractivity contribution < 1.29 is 9.32 Å². The second-order valence-electron chi connectivity index (χ2n) is 9.87. The lowest BCUT2D eigenvalue weighted by Gasteiger charge is -2.30. The molecule has 1 atom stereocenters. The predicted molar refractivity (Wildman–Crippen MR) is 135 cm³/mol. The lowest BCUT2D eigenvalue weighted by molar-refractivity contribution is -0.127. The fraction of sp³-hybridized carbons (Fsp3) is 0.423. The van der Waals surface area contributed by atoms with E-state index in [1.165, 1.54) is 5.56 Å². The van der Waals surface area contributed by atoms with Gasteiger partial charge in [0, 0.05) is 28.7 Å². The average Bonchev–Trinajstić information content (AvgIpc) is 3.26. The van der Waals surface area contributed by atoms with Crippen molar-refractivity contribution in [3.8, 4) is 11.4 Å². The van der Waals surface area contributed by atoms with Crippen LogP contribution in [0, 0.1) is 5.92 Å². The van der Waals surface area contributed by atoms with Crippen LogP contribution in [0.25, 0.3) is 11.4 Å². The summed E-state index contributed by atoms with van der Waals surface area (Å²) in [7, 11) is 0. The Morgan fingerprint density at radius 1 is 1.18 bits per heavy atom. The number of carbonyl (C=O) groups excluding carboxylic acids is 1. The maximum absolute atomic E-state index is 12.8.